The van der Waals surface area contributed by atoms with Gasteiger partial charge in [0.1, 0.15) is 0 Å². The summed E-state index contributed by atoms with van der Waals surface area (Å²) >= 11 is 0. The molecule has 0 radical (unpaired) electrons. The Morgan fingerprint density at radius 2 is 1.61 bits per heavy atom. The van der Waals surface area contributed by atoms with Crippen LogP contribution < -0.4 is 16.2 Å². The van der Waals surface area contributed by atoms with E-state index in [4.69, 9.17) is 0 Å². The number of anilines is 3. The summed E-state index contributed by atoms with van der Waals surface area (Å²) in [4.78, 5) is 33.9. The molecule has 9 nitrogen and oxygen atoms in total. The second kappa shape index (κ2) is 8.91. The topological polar surface area (TPSA) is 122 Å². The van der Waals surface area contributed by atoms with E-state index in [0.717, 1.165) is 27.7 Å². The summed E-state index contributed by atoms with van der Waals surface area (Å²) in [6.07, 6.45) is 0. The summed E-state index contributed by atoms with van der Waals surface area (Å²) in [6, 6.07) is 16.9. The Morgan fingerprint density at radius 1 is 0.909 bits per heavy atom. The Labute approximate surface area is 189 Å². The van der Waals surface area contributed by atoms with Crippen molar-refractivity contribution in [2.24, 2.45) is 0 Å². The van der Waals surface area contributed by atoms with Crippen molar-refractivity contribution in [1.29, 1.82) is 0 Å². The van der Waals surface area contributed by atoms with Crippen molar-refractivity contribution in [3.63, 3.8) is 0 Å². The van der Waals surface area contributed by atoms with Gasteiger partial charge in [0.2, 0.25) is 5.95 Å². The van der Waals surface area contributed by atoms with E-state index in [9.17, 15) is 14.7 Å². The molecule has 2 aromatic carbocycles. The van der Waals surface area contributed by atoms with Crippen LogP contribution in [0.25, 0.3) is 5.69 Å². The number of hydrogen-bond acceptors (Lipinski definition) is 7. The first-order chi connectivity index (χ1) is 15.8. The monoisotopic (exact) mass is 442 g/mol. The minimum Gasteiger partial charge on any atom is -0.505 e. The highest BCUT2D eigenvalue weighted by Crippen LogP contribution is 2.21. The molecule has 9 heteroatoms. The highest BCUT2D eigenvalue weighted by Gasteiger charge is 2.17. The van der Waals surface area contributed by atoms with Crippen molar-refractivity contribution in [2.45, 2.75) is 20.8 Å². The minimum atomic E-state index is -0.659. The van der Waals surface area contributed by atoms with Gasteiger partial charge in [0, 0.05) is 28.8 Å². The third kappa shape index (κ3) is 5.04. The maximum absolute atomic E-state index is 12.9. The zero-order valence-electron chi connectivity index (χ0n) is 18.3. The van der Waals surface area contributed by atoms with Crippen LogP contribution in [0.3, 0.4) is 0 Å². The first kappa shape index (κ1) is 21.7. The molecule has 0 aliphatic rings. The van der Waals surface area contributed by atoms with Crippen LogP contribution in [0.1, 0.15) is 27.4 Å². The molecule has 0 atom stereocenters. The van der Waals surface area contributed by atoms with Gasteiger partial charge in [-0.3, -0.25) is 9.59 Å². The lowest BCUT2D eigenvalue weighted by atomic mass is 10.2. The van der Waals surface area contributed by atoms with Gasteiger partial charge >= 0.3 is 0 Å². The molecule has 0 saturated heterocycles. The first-order valence-corrected chi connectivity index (χ1v) is 10.2. The molecule has 33 heavy (non-hydrogen) atoms. The summed E-state index contributed by atoms with van der Waals surface area (Å²) in [5, 5.41) is 20.1. The maximum atomic E-state index is 12.9. The minimum absolute atomic E-state index is 0.271. The summed E-state index contributed by atoms with van der Waals surface area (Å²) < 4.78 is 1.08. The van der Waals surface area contributed by atoms with Crippen LogP contribution in [0.15, 0.2) is 65.5 Å². The predicted octanol–water partition coefficient (Wildman–Crippen LogP) is 3.65. The largest absolute Gasteiger partial charge is 0.505 e. The number of carbonyl (C=O) groups is 1. The molecule has 0 spiro atoms. The number of nitrogens with one attached hydrogen (secondary N) is 2. The number of aryl methyl sites for hydroxylation is 3. The normalized spacial score (nSPS) is 10.6. The van der Waals surface area contributed by atoms with E-state index in [2.05, 4.69) is 25.7 Å². The molecule has 166 valence electrons. The highest BCUT2D eigenvalue weighted by molar-refractivity contribution is 6.04. The SMILES string of the molecule is Cc1cccc(-n2nc(C(=O)Nc3cccc(Nc4nc(C)cc(C)n4)c3)c(O)cc2=O)c1. The molecule has 0 aliphatic heterocycles. The number of rotatable bonds is 5. The van der Waals surface area contributed by atoms with Gasteiger partial charge in [-0.1, -0.05) is 18.2 Å². The molecular weight excluding hydrogens is 420 g/mol. The van der Waals surface area contributed by atoms with Crippen molar-refractivity contribution in [1.82, 2.24) is 19.7 Å². The Balaban J connectivity index is 1.59. The number of benzene rings is 2. The van der Waals surface area contributed by atoms with Gasteiger partial charge in [-0.2, -0.15) is 9.78 Å². The zero-order valence-corrected chi connectivity index (χ0v) is 18.3. The van der Waals surface area contributed by atoms with Gasteiger partial charge in [-0.25, -0.2) is 9.97 Å². The van der Waals surface area contributed by atoms with E-state index in [1.807, 2.05) is 39.0 Å². The van der Waals surface area contributed by atoms with Gasteiger partial charge in [-0.05, 0) is 62.7 Å². The third-order valence-electron chi connectivity index (χ3n) is 4.73. The van der Waals surface area contributed by atoms with Crippen LogP contribution in [-0.2, 0) is 0 Å². The molecule has 0 unspecified atom stereocenters. The summed E-state index contributed by atoms with van der Waals surface area (Å²) in [6.45, 7) is 5.64. The van der Waals surface area contributed by atoms with Crippen LogP contribution >= 0.6 is 0 Å². The zero-order chi connectivity index (χ0) is 23.5. The van der Waals surface area contributed by atoms with Gasteiger partial charge in [-0.15, -0.1) is 0 Å². The summed E-state index contributed by atoms with van der Waals surface area (Å²) in [7, 11) is 0. The molecule has 2 heterocycles. The molecular formula is C24H22N6O3. The third-order valence-corrected chi connectivity index (χ3v) is 4.73. The van der Waals surface area contributed by atoms with Crippen molar-refractivity contribution in [2.75, 3.05) is 10.6 Å². The fraction of sp³-hybridized carbons (Fsp3) is 0.125. The van der Waals surface area contributed by atoms with E-state index in [1.165, 1.54) is 0 Å². The average Bonchev–Trinajstić information content (AvgIpc) is 2.73. The van der Waals surface area contributed by atoms with Crippen LogP contribution in [0.5, 0.6) is 5.75 Å². The maximum Gasteiger partial charge on any atom is 0.279 e. The summed E-state index contributed by atoms with van der Waals surface area (Å²) in [5.74, 6) is -0.714. The van der Waals surface area contributed by atoms with Crippen molar-refractivity contribution in [3.8, 4) is 11.4 Å². The quantitative estimate of drug-likeness (QED) is 0.431. The second-order valence-corrected chi connectivity index (χ2v) is 7.60. The molecule has 1 amide bonds. The summed E-state index contributed by atoms with van der Waals surface area (Å²) in [5.41, 5.74) is 3.40. The number of hydrogen-bond donors (Lipinski definition) is 3. The number of amides is 1. The van der Waals surface area contributed by atoms with Crippen molar-refractivity contribution < 1.29 is 9.90 Å². The van der Waals surface area contributed by atoms with Gasteiger partial charge in [0.25, 0.3) is 11.5 Å². The van der Waals surface area contributed by atoms with E-state index >= 15 is 0 Å². The lowest BCUT2D eigenvalue weighted by Gasteiger charge is -2.11. The molecule has 0 saturated carbocycles. The van der Waals surface area contributed by atoms with Gasteiger partial charge < -0.3 is 15.7 Å². The van der Waals surface area contributed by atoms with Crippen LogP contribution in [0.2, 0.25) is 0 Å². The van der Waals surface area contributed by atoms with Crippen molar-refractivity contribution in [3.05, 3.63) is 93.7 Å². The van der Waals surface area contributed by atoms with E-state index < -0.39 is 17.2 Å². The Kier molecular flexibility index (Phi) is 5.86. The first-order valence-electron chi connectivity index (χ1n) is 10.2. The lowest BCUT2D eigenvalue weighted by Crippen LogP contribution is -2.25. The molecule has 4 aromatic rings. The number of carbonyl (C=O) groups excluding carboxylic acids is 1. The Hall–Kier alpha value is -4.53. The van der Waals surface area contributed by atoms with E-state index in [-0.39, 0.29) is 5.69 Å². The molecule has 0 bridgehead atoms. The standard InChI is InChI=1S/C24H22N6O3/c1-14-6-4-9-19(10-14)30-21(32)13-20(31)22(29-30)23(33)27-17-7-5-8-18(12-17)28-24-25-15(2)11-16(3)26-24/h4-13,31H,1-3H3,(H,27,33)(H,25,26,28). The predicted molar refractivity (Wildman–Crippen MR) is 125 cm³/mol. The Morgan fingerprint density at radius 3 is 2.33 bits per heavy atom. The smallest absolute Gasteiger partial charge is 0.279 e. The van der Waals surface area contributed by atoms with Crippen LogP contribution in [0.4, 0.5) is 17.3 Å². The second-order valence-electron chi connectivity index (χ2n) is 7.60. The fourth-order valence-electron chi connectivity index (χ4n) is 3.33. The Bertz CT molecular complexity index is 1390. The average molecular weight is 442 g/mol. The van der Waals surface area contributed by atoms with Crippen LogP contribution in [-0.4, -0.2) is 30.8 Å². The van der Waals surface area contributed by atoms with Crippen LogP contribution in [0, 0.1) is 20.8 Å². The lowest BCUT2D eigenvalue weighted by molar-refractivity contribution is 0.101. The highest BCUT2D eigenvalue weighted by atomic mass is 16.3. The molecule has 3 N–H and O–H groups in total. The van der Waals surface area contributed by atoms with E-state index in [1.54, 1.807) is 36.4 Å². The fourth-order valence-corrected chi connectivity index (χ4v) is 3.33. The number of aromatic nitrogens is 4. The molecule has 4 rings (SSSR count). The number of nitrogens with zero attached hydrogens (tertiary/aromatic N) is 4. The van der Waals surface area contributed by atoms with Crippen molar-refractivity contribution >= 4 is 23.2 Å². The van der Waals surface area contributed by atoms with Gasteiger partial charge in [0.05, 0.1) is 5.69 Å². The molecule has 0 aliphatic carbocycles. The molecule has 2 aromatic heterocycles. The van der Waals surface area contributed by atoms with Gasteiger partial charge in [0.15, 0.2) is 11.4 Å². The number of aromatic hydroxyl groups is 1. The molecule has 0 fully saturated rings. The van der Waals surface area contributed by atoms with E-state index in [0.29, 0.717) is 23.0 Å².